The van der Waals surface area contributed by atoms with Crippen LogP contribution in [0.5, 0.6) is 0 Å². The summed E-state index contributed by atoms with van der Waals surface area (Å²) in [5.41, 5.74) is 2.53. The molecular formula is C13H17N5OS. The van der Waals surface area contributed by atoms with Gasteiger partial charge in [0.25, 0.3) is 5.91 Å². The van der Waals surface area contributed by atoms with E-state index in [0.717, 1.165) is 30.9 Å². The molecule has 0 saturated heterocycles. The Morgan fingerprint density at radius 2 is 2.45 bits per heavy atom. The van der Waals surface area contributed by atoms with Crippen molar-refractivity contribution in [1.82, 2.24) is 20.1 Å². The largest absolute Gasteiger partial charge is 0.311 e. The van der Waals surface area contributed by atoms with Gasteiger partial charge in [-0.1, -0.05) is 0 Å². The van der Waals surface area contributed by atoms with Crippen LogP contribution >= 0.6 is 11.3 Å². The highest BCUT2D eigenvalue weighted by molar-refractivity contribution is 7.15. The van der Waals surface area contributed by atoms with Gasteiger partial charge in [0.2, 0.25) is 0 Å². The van der Waals surface area contributed by atoms with Crippen LogP contribution < -0.4 is 10.6 Å². The predicted octanol–water partition coefficient (Wildman–Crippen LogP) is 1.57. The Bertz CT molecular complexity index is 622. The van der Waals surface area contributed by atoms with E-state index in [0.29, 0.717) is 17.4 Å². The first-order chi connectivity index (χ1) is 9.67. The monoisotopic (exact) mass is 291 g/mol. The van der Waals surface area contributed by atoms with Crippen LogP contribution in [0.25, 0.3) is 0 Å². The van der Waals surface area contributed by atoms with Gasteiger partial charge in [-0.3, -0.25) is 14.8 Å². The zero-order valence-electron chi connectivity index (χ0n) is 11.6. The van der Waals surface area contributed by atoms with Gasteiger partial charge in [0.15, 0.2) is 5.13 Å². The van der Waals surface area contributed by atoms with E-state index in [2.05, 4.69) is 20.7 Å². The number of anilines is 1. The third kappa shape index (κ3) is 2.46. The Balaban J connectivity index is 1.80. The minimum absolute atomic E-state index is 0.147. The lowest BCUT2D eigenvalue weighted by atomic mass is 10.2. The van der Waals surface area contributed by atoms with Crippen LogP contribution in [0.1, 0.15) is 33.7 Å². The molecule has 2 aromatic rings. The molecule has 0 aliphatic carbocycles. The SMILES string of the molecule is CCn1nc(C)cc1C(=O)Nc1nc2c(s1)CNCC2. The number of fused-ring (bicyclic) bond motifs is 1. The summed E-state index contributed by atoms with van der Waals surface area (Å²) >= 11 is 1.54. The van der Waals surface area contributed by atoms with Gasteiger partial charge in [-0.2, -0.15) is 5.10 Å². The first kappa shape index (κ1) is 13.3. The molecule has 0 aromatic carbocycles. The lowest BCUT2D eigenvalue weighted by Crippen LogP contribution is -2.22. The van der Waals surface area contributed by atoms with Crippen LogP contribution in [0.3, 0.4) is 0 Å². The number of hydrogen-bond acceptors (Lipinski definition) is 5. The van der Waals surface area contributed by atoms with Crippen LogP contribution in [0.15, 0.2) is 6.07 Å². The van der Waals surface area contributed by atoms with Crippen molar-refractivity contribution in [1.29, 1.82) is 0 Å². The van der Waals surface area contributed by atoms with E-state index >= 15 is 0 Å². The second kappa shape index (κ2) is 5.34. The number of aromatic nitrogens is 3. The normalized spacial score (nSPS) is 14.1. The number of thiazole rings is 1. The van der Waals surface area contributed by atoms with Gasteiger partial charge >= 0.3 is 0 Å². The molecule has 1 aliphatic rings. The molecule has 3 heterocycles. The van der Waals surface area contributed by atoms with Crippen molar-refractivity contribution in [2.45, 2.75) is 33.4 Å². The second-order valence-corrected chi connectivity index (χ2v) is 5.84. The minimum Gasteiger partial charge on any atom is -0.311 e. The van der Waals surface area contributed by atoms with Gasteiger partial charge in [-0.15, -0.1) is 11.3 Å². The molecule has 0 spiro atoms. The average Bonchev–Trinajstić information content (AvgIpc) is 3.00. The molecule has 2 N–H and O–H groups in total. The van der Waals surface area contributed by atoms with Gasteiger partial charge in [-0.25, -0.2) is 4.98 Å². The van der Waals surface area contributed by atoms with Crippen molar-refractivity contribution in [2.75, 3.05) is 11.9 Å². The number of aryl methyl sites for hydroxylation is 2. The molecule has 2 aromatic heterocycles. The fraction of sp³-hybridized carbons (Fsp3) is 0.462. The predicted molar refractivity (Wildman–Crippen MR) is 78.1 cm³/mol. The fourth-order valence-electron chi connectivity index (χ4n) is 2.31. The fourth-order valence-corrected chi connectivity index (χ4v) is 3.28. The van der Waals surface area contributed by atoms with E-state index < -0.39 is 0 Å². The highest BCUT2D eigenvalue weighted by atomic mass is 32.1. The Hall–Kier alpha value is -1.73. The van der Waals surface area contributed by atoms with E-state index in [1.54, 1.807) is 22.1 Å². The summed E-state index contributed by atoms with van der Waals surface area (Å²) in [4.78, 5) is 18.0. The summed E-state index contributed by atoms with van der Waals surface area (Å²) in [5, 5.41) is 11.1. The van der Waals surface area contributed by atoms with E-state index in [1.165, 1.54) is 4.88 Å². The molecule has 0 fully saturated rings. The third-order valence-corrected chi connectivity index (χ3v) is 4.27. The number of carbonyl (C=O) groups is 1. The number of carbonyl (C=O) groups excluding carboxylic acids is 1. The minimum atomic E-state index is -0.147. The molecule has 7 heteroatoms. The molecule has 0 saturated carbocycles. The van der Waals surface area contributed by atoms with Crippen LogP contribution in [0.4, 0.5) is 5.13 Å². The van der Waals surface area contributed by atoms with Crippen molar-refractivity contribution in [3.63, 3.8) is 0 Å². The molecular weight excluding hydrogens is 274 g/mol. The maximum Gasteiger partial charge on any atom is 0.275 e. The third-order valence-electron chi connectivity index (χ3n) is 3.26. The van der Waals surface area contributed by atoms with Crippen LogP contribution in [-0.2, 0) is 19.5 Å². The van der Waals surface area contributed by atoms with Crippen molar-refractivity contribution < 1.29 is 4.79 Å². The Kier molecular flexibility index (Phi) is 3.54. The van der Waals surface area contributed by atoms with Crippen LogP contribution in [0, 0.1) is 6.92 Å². The number of hydrogen-bond donors (Lipinski definition) is 2. The van der Waals surface area contributed by atoms with Crippen molar-refractivity contribution in [2.24, 2.45) is 0 Å². The molecule has 1 aliphatic heterocycles. The Morgan fingerprint density at radius 1 is 1.60 bits per heavy atom. The summed E-state index contributed by atoms with van der Waals surface area (Å²) in [7, 11) is 0. The lowest BCUT2D eigenvalue weighted by molar-refractivity contribution is 0.101. The number of nitrogens with one attached hydrogen (secondary N) is 2. The molecule has 106 valence electrons. The second-order valence-electron chi connectivity index (χ2n) is 4.76. The molecule has 0 atom stereocenters. The summed E-state index contributed by atoms with van der Waals surface area (Å²) in [6, 6.07) is 1.80. The molecule has 3 rings (SSSR count). The molecule has 0 radical (unpaired) electrons. The van der Waals surface area contributed by atoms with Crippen molar-refractivity contribution in [3.8, 4) is 0 Å². The van der Waals surface area contributed by atoms with Gasteiger partial charge in [0.1, 0.15) is 5.69 Å². The molecule has 6 nitrogen and oxygen atoms in total. The average molecular weight is 291 g/mol. The van der Waals surface area contributed by atoms with Gasteiger partial charge in [0, 0.05) is 30.9 Å². The Morgan fingerprint density at radius 3 is 3.20 bits per heavy atom. The van der Waals surface area contributed by atoms with Crippen LogP contribution in [0.2, 0.25) is 0 Å². The summed E-state index contributed by atoms with van der Waals surface area (Å²) in [6.45, 7) is 6.32. The highest BCUT2D eigenvalue weighted by Crippen LogP contribution is 2.25. The number of rotatable bonds is 3. The lowest BCUT2D eigenvalue weighted by Gasteiger charge is -2.09. The maximum absolute atomic E-state index is 12.3. The number of amides is 1. The highest BCUT2D eigenvalue weighted by Gasteiger charge is 2.18. The zero-order valence-corrected chi connectivity index (χ0v) is 12.4. The quantitative estimate of drug-likeness (QED) is 0.900. The van der Waals surface area contributed by atoms with E-state index in [4.69, 9.17) is 0 Å². The van der Waals surface area contributed by atoms with Crippen molar-refractivity contribution in [3.05, 3.63) is 28.0 Å². The van der Waals surface area contributed by atoms with Gasteiger partial charge in [-0.05, 0) is 19.9 Å². The standard InChI is InChI=1S/C13H17N5OS/c1-3-18-10(6-8(2)17-18)12(19)16-13-15-9-4-5-14-7-11(9)20-13/h6,14H,3-5,7H2,1-2H3,(H,15,16,19). The maximum atomic E-state index is 12.3. The zero-order chi connectivity index (χ0) is 14.1. The first-order valence-corrected chi connectivity index (χ1v) is 7.54. The van der Waals surface area contributed by atoms with Crippen LogP contribution in [-0.4, -0.2) is 27.2 Å². The summed E-state index contributed by atoms with van der Waals surface area (Å²) < 4.78 is 1.71. The first-order valence-electron chi connectivity index (χ1n) is 6.72. The molecule has 1 amide bonds. The molecule has 20 heavy (non-hydrogen) atoms. The topological polar surface area (TPSA) is 71.8 Å². The molecule has 0 bridgehead atoms. The van der Waals surface area contributed by atoms with Gasteiger partial charge < -0.3 is 5.32 Å². The molecule has 0 unspecified atom stereocenters. The van der Waals surface area contributed by atoms with E-state index in [-0.39, 0.29) is 5.91 Å². The van der Waals surface area contributed by atoms with E-state index in [9.17, 15) is 4.79 Å². The van der Waals surface area contributed by atoms with E-state index in [1.807, 2.05) is 13.8 Å². The smallest absolute Gasteiger partial charge is 0.275 e. The van der Waals surface area contributed by atoms with Gasteiger partial charge in [0.05, 0.1) is 11.4 Å². The Labute approximate surface area is 121 Å². The summed E-state index contributed by atoms with van der Waals surface area (Å²) in [5.74, 6) is -0.147. The summed E-state index contributed by atoms with van der Waals surface area (Å²) in [6.07, 6.45) is 0.924. The van der Waals surface area contributed by atoms with Crippen molar-refractivity contribution >= 4 is 22.4 Å². The number of nitrogens with zero attached hydrogens (tertiary/aromatic N) is 3.